The summed E-state index contributed by atoms with van der Waals surface area (Å²) in [7, 11) is 0. The van der Waals surface area contributed by atoms with Crippen LogP contribution < -0.4 is 0 Å². The molecule has 8 aromatic carbocycles. The number of nitrogens with zero attached hydrogens (tertiary/aromatic N) is 3. The van der Waals surface area contributed by atoms with Gasteiger partial charge in [0.15, 0.2) is 0 Å². The fourth-order valence-electron chi connectivity index (χ4n) is 7.55. The first-order valence-corrected chi connectivity index (χ1v) is 16.3. The number of rotatable bonds is 4. The van der Waals surface area contributed by atoms with Gasteiger partial charge in [0.25, 0.3) is 0 Å². The third-order valence-corrected chi connectivity index (χ3v) is 9.68. The van der Waals surface area contributed by atoms with Crippen molar-refractivity contribution in [3.8, 4) is 51.2 Å². The summed E-state index contributed by atoms with van der Waals surface area (Å²) in [5.74, 6) is 0. The third-order valence-electron chi connectivity index (χ3n) is 9.68. The largest absolute Gasteiger partial charge is 0.308 e. The van der Waals surface area contributed by atoms with Crippen LogP contribution in [0.4, 0.5) is 0 Å². The SMILES string of the molecule is N#Cc1cc(-n2c3ccccc3c3ccccc32)c(C#N)cc1-c1ccc(-c2c3ccccc3c(-c3ccccc3)c3ccccc23)cc1. The van der Waals surface area contributed by atoms with E-state index in [-0.39, 0.29) is 0 Å². The zero-order chi connectivity index (χ0) is 32.9. The van der Waals surface area contributed by atoms with E-state index in [0.717, 1.165) is 38.5 Å². The Hall–Kier alpha value is -6.94. The van der Waals surface area contributed by atoms with Gasteiger partial charge in [-0.1, -0.05) is 140 Å². The summed E-state index contributed by atoms with van der Waals surface area (Å²) >= 11 is 0. The topological polar surface area (TPSA) is 52.5 Å². The molecule has 0 saturated heterocycles. The van der Waals surface area contributed by atoms with Crippen LogP contribution in [0.1, 0.15) is 11.1 Å². The van der Waals surface area contributed by atoms with Crippen LogP contribution in [0.5, 0.6) is 0 Å². The summed E-state index contributed by atoms with van der Waals surface area (Å²) in [5, 5.41) is 27.9. The van der Waals surface area contributed by atoms with Gasteiger partial charge in [-0.3, -0.25) is 0 Å². The standard InChI is InChI=1S/C46H27N3/c47-28-33-27-44(49-42-20-10-8-14-35(42)36-15-9-11-21-43(36)49)34(29-48)26-41(33)30-22-24-32(25-23-30)46-39-18-6-4-16-37(39)45(31-12-2-1-3-13-31)38-17-5-7-19-40(38)46/h1-27H. The van der Waals surface area contributed by atoms with Crippen molar-refractivity contribution in [2.24, 2.45) is 0 Å². The Bertz CT molecular complexity index is 2720. The number of aromatic nitrogens is 1. The quantitative estimate of drug-likeness (QED) is 0.184. The minimum absolute atomic E-state index is 0.512. The van der Waals surface area contributed by atoms with Crippen molar-refractivity contribution in [1.82, 2.24) is 4.57 Å². The molecule has 226 valence electrons. The molecule has 0 radical (unpaired) electrons. The Morgan fingerprint density at radius 3 is 1.27 bits per heavy atom. The van der Waals surface area contributed by atoms with Crippen LogP contribution in [0.25, 0.3) is 82.4 Å². The molecule has 0 bridgehead atoms. The maximum Gasteiger partial charge on any atom is 0.101 e. The molecule has 0 amide bonds. The molecular weight excluding hydrogens is 595 g/mol. The summed E-state index contributed by atoms with van der Waals surface area (Å²) in [4.78, 5) is 0. The monoisotopic (exact) mass is 621 g/mol. The Labute approximate surface area is 283 Å². The van der Waals surface area contributed by atoms with Crippen LogP contribution in [0, 0.1) is 22.7 Å². The highest BCUT2D eigenvalue weighted by molar-refractivity contribution is 6.21. The van der Waals surface area contributed by atoms with Gasteiger partial charge in [0.2, 0.25) is 0 Å². The smallest absolute Gasteiger partial charge is 0.101 e. The average Bonchev–Trinajstić information content (AvgIpc) is 3.51. The van der Waals surface area contributed by atoms with Gasteiger partial charge in [-0.2, -0.15) is 10.5 Å². The highest BCUT2D eigenvalue weighted by Crippen LogP contribution is 2.44. The molecule has 49 heavy (non-hydrogen) atoms. The molecule has 0 aliphatic carbocycles. The summed E-state index contributed by atoms with van der Waals surface area (Å²) in [6.45, 7) is 0. The molecule has 1 aromatic heterocycles. The minimum Gasteiger partial charge on any atom is -0.308 e. The number of hydrogen-bond donors (Lipinski definition) is 0. The van der Waals surface area contributed by atoms with E-state index in [0.29, 0.717) is 16.8 Å². The van der Waals surface area contributed by atoms with E-state index in [9.17, 15) is 10.5 Å². The summed E-state index contributed by atoms with van der Waals surface area (Å²) in [6.07, 6.45) is 0. The lowest BCUT2D eigenvalue weighted by atomic mass is 9.85. The first kappa shape index (κ1) is 28.3. The molecule has 0 aliphatic heterocycles. The Morgan fingerprint density at radius 1 is 0.367 bits per heavy atom. The van der Waals surface area contributed by atoms with Crippen LogP contribution in [0.3, 0.4) is 0 Å². The van der Waals surface area contributed by atoms with Crippen molar-refractivity contribution in [2.75, 3.05) is 0 Å². The minimum atomic E-state index is 0.512. The maximum atomic E-state index is 10.4. The van der Waals surface area contributed by atoms with E-state index in [4.69, 9.17) is 0 Å². The molecule has 0 N–H and O–H groups in total. The van der Waals surface area contributed by atoms with Gasteiger partial charge in [-0.25, -0.2) is 0 Å². The van der Waals surface area contributed by atoms with Crippen LogP contribution in [-0.4, -0.2) is 4.57 Å². The van der Waals surface area contributed by atoms with Crippen LogP contribution in [0.2, 0.25) is 0 Å². The maximum absolute atomic E-state index is 10.4. The average molecular weight is 622 g/mol. The van der Waals surface area contributed by atoms with E-state index >= 15 is 0 Å². The van der Waals surface area contributed by atoms with E-state index in [1.54, 1.807) is 0 Å². The fourth-order valence-corrected chi connectivity index (χ4v) is 7.55. The molecule has 0 atom stereocenters. The van der Waals surface area contributed by atoms with Crippen LogP contribution in [0.15, 0.2) is 164 Å². The fraction of sp³-hybridized carbons (Fsp3) is 0. The van der Waals surface area contributed by atoms with Crippen molar-refractivity contribution in [1.29, 1.82) is 10.5 Å². The van der Waals surface area contributed by atoms with Gasteiger partial charge in [-0.05, 0) is 73.6 Å². The Morgan fingerprint density at radius 2 is 0.776 bits per heavy atom. The van der Waals surface area contributed by atoms with Gasteiger partial charge in [0.1, 0.15) is 6.07 Å². The number of hydrogen-bond acceptors (Lipinski definition) is 2. The second kappa shape index (κ2) is 11.4. The van der Waals surface area contributed by atoms with Crippen LogP contribution in [-0.2, 0) is 0 Å². The van der Waals surface area contributed by atoms with Crippen LogP contribution >= 0.6 is 0 Å². The molecule has 0 aliphatic rings. The second-order valence-electron chi connectivity index (χ2n) is 12.3. The van der Waals surface area contributed by atoms with E-state index in [1.807, 2.05) is 36.4 Å². The normalized spacial score (nSPS) is 11.2. The van der Waals surface area contributed by atoms with Crippen molar-refractivity contribution in [3.63, 3.8) is 0 Å². The molecule has 0 fully saturated rings. The van der Waals surface area contributed by atoms with Crippen molar-refractivity contribution >= 4 is 43.4 Å². The number of para-hydroxylation sites is 2. The lowest BCUT2D eigenvalue weighted by molar-refractivity contribution is 1.16. The first-order chi connectivity index (χ1) is 24.2. The number of fused-ring (bicyclic) bond motifs is 5. The van der Waals surface area contributed by atoms with E-state index in [2.05, 4.69) is 144 Å². The van der Waals surface area contributed by atoms with Crippen molar-refractivity contribution < 1.29 is 0 Å². The van der Waals surface area contributed by atoms with E-state index in [1.165, 1.54) is 38.2 Å². The molecule has 9 aromatic rings. The molecule has 3 heteroatoms. The first-order valence-electron chi connectivity index (χ1n) is 16.3. The summed E-state index contributed by atoms with van der Waals surface area (Å²) < 4.78 is 2.10. The lowest BCUT2D eigenvalue weighted by Gasteiger charge is -2.18. The zero-order valence-electron chi connectivity index (χ0n) is 26.4. The zero-order valence-corrected chi connectivity index (χ0v) is 26.4. The highest BCUT2D eigenvalue weighted by atomic mass is 15.0. The number of benzene rings is 8. The molecule has 3 nitrogen and oxygen atoms in total. The van der Waals surface area contributed by atoms with Gasteiger partial charge in [-0.15, -0.1) is 0 Å². The summed E-state index contributed by atoms with van der Waals surface area (Å²) in [5.41, 5.74) is 10.1. The lowest BCUT2D eigenvalue weighted by Crippen LogP contribution is -2.00. The molecule has 0 saturated carbocycles. The predicted octanol–water partition coefficient (Wildman–Crippen LogP) is 11.8. The number of nitriles is 2. The Kier molecular flexibility index (Phi) is 6.58. The van der Waals surface area contributed by atoms with Gasteiger partial charge in [0.05, 0.1) is 33.9 Å². The van der Waals surface area contributed by atoms with Gasteiger partial charge < -0.3 is 4.57 Å². The highest BCUT2D eigenvalue weighted by Gasteiger charge is 2.19. The Balaban J connectivity index is 1.21. The molecule has 1 heterocycles. The molecular formula is C46H27N3. The third kappa shape index (κ3) is 4.42. The van der Waals surface area contributed by atoms with Gasteiger partial charge >= 0.3 is 0 Å². The molecule has 0 spiro atoms. The van der Waals surface area contributed by atoms with Gasteiger partial charge in [0, 0.05) is 16.3 Å². The molecule has 9 rings (SSSR count). The summed E-state index contributed by atoms with van der Waals surface area (Å²) in [6, 6.07) is 61.3. The van der Waals surface area contributed by atoms with Crippen molar-refractivity contribution in [2.45, 2.75) is 0 Å². The predicted molar refractivity (Wildman–Crippen MR) is 202 cm³/mol. The molecule has 0 unspecified atom stereocenters. The second-order valence-corrected chi connectivity index (χ2v) is 12.3. The van der Waals surface area contributed by atoms with Crippen molar-refractivity contribution in [3.05, 3.63) is 175 Å². The van der Waals surface area contributed by atoms with E-state index < -0.39 is 0 Å².